The number of carbonyl (C=O) groups excluding carboxylic acids is 3. The number of pyridine rings is 1. The number of amides is 2. The number of likely N-dealkylation sites (tertiary alicyclic amines) is 1. The van der Waals surface area contributed by atoms with Crippen molar-refractivity contribution >= 4 is 39.1 Å². The van der Waals surface area contributed by atoms with E-state index in [1.165, 1.54) is 26.7 Å². The van der Waals surface area contributed by atoms with Crippen LogP contribution in [0.4, 0.5) is 4.79 Å². The van der Waals surface area contributed by atoms with Gasteiger partial charge in [0.15, 0.2) is 5.78 Å². The summed E-state index contributed by atoms with van der Waals surface area (Å²) in [6.07, 6.45) is 2.99. The van der Waals surface area contributed by atoms with Crippen LogP contribution < -0.4 is 10.1 Å². The smallest absolute Gasteiger partial charge is 0.409 e. The predicted molar refractivity (Wildman–Crippen MR) is 129 cm³/mol. The van der Waals surface area contributed by atoms with Gasteiger partial charge in [0.2, 0.25) is 15.9 Å². The molecule has 10 nitrogen and oxygen atoms in total. The third kappa shape index (κ3) is 5.71. The fraction of sp³-hybridized carbons (Fsp3) is 0.478. The van der Waals surface area contributed by atoms with Gasteiger partial charge < -0.3 is 15.0 Å². The number of rotatable bonds is 8. The second-order valence-electron chi connectivity index (χ2n) is 9.14. The molecule has 4 rings (SSSR count). The van der Waals surface area contributed by atoms with Gasteiger partial charge in [-0.2, -0.15) is 4.31 Å². The number of nitrogens with zero attached hydrogens (tertiary/aromatic N) is 3. The molecular weight excluding hydrogens is 492 g/mol. The van der Waals surface area contributed by atoms with Gasteiger partial charge in [0.1, 0.15) is 17.8 Å². The van der Waals surface area contributed by atoms with Crippen molar-refractivity contribution in [2.45, 2.75) is 50.6 Å². The lowest BCUT2D eigenvalue weighted by Gasteiger charge is -2.28. The Bertz CT molecular complexity index is 1170. The molecule has 1 N–H and O–H groups in total. The number of ketones is 1. The Morgan fingerprint density at radius 1 is 1.31 bits per heavy atom. The van der Waals surface area contributed by atoms with Gasteiger partial charge in [-0.25, -0.2) is 13.2 Å². The quantitative estimate of drug-likeness (QED) is 0.564. The maximum Gasteiger partial charge on any atom is 0.413 e. The predicted octanol–water partition coefficient (Wildman–Crippen LogP) is 2.03. The van der Waals surface area contributed by atoms with E-state index in [1.807, 2.05) is 13.8 Å². The number of ether oxygens (including phenoxy) is 1. The first kappa shape index (κ1) is 25.3. The van der Waals surface area contributed by atoms with Gasteiger partial charge >= 0.3 is 6.09 Å². The van der Waals surface area contributed by atoms with Gasteiger partial charge in [0.05, 0.1) is 18.3 Å². The Morgan fingerprint density at radius 2 is 2.11 bits per heavy atom. The Labute approximate surface area is 208 Å². The van der Waals surface area contributed by atoms with Gasteiger partial charge in [-0.3, -0.25) is 14.6 Å². The van der Waals surface area contributed by atoms with Crippen LogP contribution in [0.25, 0.3) is 0 Å². The third-order valence-corrected chi connectivity index (χ3v) is 8.57. The molecule has 0 saturated carbocycles. The monoisotopic (exact) mass is 520 g/mol. The molecule has 2 aromatic rings. The average molecular weight is 521 g/mol. The van der Waals surface area contributed by atoms with Gasteiger partial charge in [-0.15, -0.1) is 11.3 Å². The summed E-state index contributed by atoms with van der Waals surface area (Å²) >= 11 is 1.38. The van der Waals surface area contributed by atoms with E-state index in [2.05, 4.69) is 10.3 Å². The van der Waals surface area contributed by atoms with Gasteiger partial charge in [-0.1, -0.05) is 19.9 Å². The van der Waals surface area contributed by atoms with Crippen molar-refractivity contribution in [1.29, 1.82) is 0 Å². The number of hydrogen-bond acceptors (Lipinski definition) is 8. The van der Waals surface area contributed by atoms with Crippen LogP contribution in [0, 0.1) is 5.92 Å². The van der Waals surface area contributed by atoms with Crippen LogP contribution in [0.3, 0.4) is 0 Å². The van der Waals surface area contributed by atoms with E-state index in [9.17, 15) is 22.8 Å². The maximum absolute atomic E-state index is 13.5. The largest absolute Gasteiger partial charge is 0.413 e. The Morgan fingerprint density at radius 3 is 2.77 bits per heavy atom. The van der Waals surface area contributed by atoms with E-state index in [1.54, 1.807) is 35.2 Å². The number of thiophene rings is 1. The van der Waals surface area contributed by atoms with Crippen LogP contribution >= 0.6 is 11.3 Å². The fourth-order valence-electron chi connectivity index (χ4n) is 4.64. The average Bonchev–Trinajstić information content (AvgIpc) is 3.52. The van der Waals surface area contributed by atoms with Crippen LogP contribution in [0.5, 0.6) is 5.75 Å². The summed E-state index contributed by atoms with van der Waals surface area (Å²) in [5.41, 5.74) is 0.527. The van der Waals surface area contributed by atoms with E-state index >= 15 is 0 Å². The second-order valence-corrected chi connectivity index (χ2v) is 11.8. The normalized spacial score (nSPS) is 21.2. The highest BCUT2D eigenvalue weighted by atomic mass is 32.2. The summed E-state index contributed by atoms with van der Waals surface area (Å²) < 4.78 is 32.7. The first-order valence-corrected chi connectivity index (χ1v) is 13.9. The Hall–Kier alpha value is -2.83. The van der Waals surface area contributed by atoms with E-state index in [0.717, 1.165) is 0 Å². The molecule has 12 heteroatoms. The topological polar surface area (TPSA) is 126 Å². The van der Waals surface area contributed by atoms with Crippen molar-refractivity contribution in [2.24, 2.45) is 5.92 Å². The SMILES string of the molecule is CC(C)CC(NC(=O)Oc1ccsc1)C(=O)N1CCC2C1C(=O)CN2S(=O)(=O)Cc1cccnc1. The molecule has 2 aliphatic rings. The zero-order chi connectivity index (χ0) is 25.2. The Balaban J connectivity index is 1.48. The van der Waals surface area contributed by atoms with Crippen molar-refractivity contribution in [3.63, 3.8) is 0 Å². The zero-order valence-electron chi connectivity index (χ0n) is 19.5. The number of aromatic nitrogens is 1. The molecule has 2 saturated heterocycles. The lowest BCUT2D eigenvalue weighted by molar-refractivity contribution is -0.138. The lowest BCUT2D eigenvalue weighted by Crippen LogP contribution is -2.53. The van der Waals surface area contributed by atoms with Crippen molar-refractivity contribution < 1.29 is 27.5 Å². The first-order chi connectivity index (χ1) is 16.7. The first-order valence-electron chi connectivity index (χ1n) is 11.4. The number of sulfonamides is 1. The molecule has 0 aromatic carbocycles. The zero-order valence-corrected chi connectivity index (χ0v) is 21.1. The van der Waals surface area contributed by atoms with Gasteiger partial charge in [0, 0.05) is 24.3 Å². The van der Waals surface area contributed by atoms with Gasteiger partial charge in [-0.05, 0) is 41.8 Å². The highest BCUT2D eigenvalue weighted by Crippen LogP contribution is 2.33. The van der Waals surface area contributed by atoms with Crippen LogP contribution in [0.2, 0.25) is 0 Å². The molecular formula is C23H28N4O6S2. The molecule has 3 unspecified atom stereocenters. The highest BCUT2D eigenvalue weighted by molar-refractivity contribution is 7.88. The molecule has 0 radical (unpaired) electrons. The summed E-state index contributed by atoms with van der Waals surface area (Å²) in [4.78, 5) is 44.2. The minimum absolute atomic E-state index is 0.0828. The number of hydrogen-bond donors (Lipinski definition) is 1. The Kier molecular flexibility index (Phi) is 7.53. The van der Waals surface area contributed by atoms with E-state index in [0.29, 0.717) is 24.2 Å². The molecule has 2 fully saturated rings. The summed E-state index contributed by atoms with van der Waals surface area (Å²) in [5, 5.41) is 6.07. The van der Waals surface area contributed by atoms with Crippen molar-refractivity contribution in [3.05, 3.63) is 46.9 Å². The minimum Gasteiger partial charge on any atom is -0.409 e. The molecule has 0 spiro atoms. The maximum atomic E-state index is 13.5. The number of carbonyl (C=O) groups is 3. The van der Waals surface area contributed by atoms with Gasteiger partial charge in [0.25, 0.3) is 0 Å². The molecule has 0 bridgehead atoms. The van der Waals surface area contributed by atoms with Crippen molar-refractivity contribution in [2.75, 3.05) is 13.1 Å². The molecule has 0 aliphatic carbocycles. The number of nitrogens with one attached hydrogen (secondary N) is 1. The van der Waals surface area contributed by atoms with E-state index in [-0.39, 0.29) is 30.5 Å². The van der Waals surface area contributed by atoms with Crippen LogP contribution in [0.1, 0.15) is 32.3 Å². The molecule has 35 heavy (non-hydrogen) atoms. The molecule has 3 atom stereocenters. The molecule has 2 amide bonds. The third-order valence-electron chi connectivity index (χ3n) is 6.09. The fourth-order valence-corrected chi connectivity index (χ4v) is 6.91. The summed E-state index contributed by atoms with van der Waals surface area (Å²) in [6.45, 7) is 3.80. The summed E-state index contributed by atoms with van der Waals surface area (Å²) in [5.74, 6) is -0.533. The number of Topliss-reactive ketones (excluding diaryl/α,β-unsaturated/α-hetero) is 1. The minimum atomic E-state index is -3.79. The van der Waals surface area contributed by atoms with Crippen LogP contribution in [-0.4, -0.2) is 71.6 Å². The van der Waals surface area contributed by atoms with E-state index in [4.69, 9.17) is 4.74 Å². The van der Waals surface area contributed by atoms with E-state index < -0.39 is 40.1 Å². The van der Waals surface area contributed by atoms with Crippen LogP contribution in [-0.2, 0) is 25.4 Å². The van der Waals surface area contributed by atoms with Crippen LogP contribution in [0.15, 0.2) is 41.4 Å². The highest BCUT2D eigenvalue weighted by Gasteiger charge is 2.54. The molecule has 2 aliphatic heterocycles. The second kappa shape index (κ2) is 10.4. The molecule has 188 valence electrons. The molecule has 2 aromatic heterocycles. The molecule has 4 heterocycles. The standard InChI is InChI=1S/C23H28N4O6S2/c1-15(2)10-18(25-23(30)33-17-6-9-34-13-17)22(29)26-8-5-19-21(26)20(28)12-27(19)35(31,32)14-16-4-3-7-24-11-16/h3-4,6-7,9,11,13,15,18-19,21H,5,8,10,12,14H2,1-2H3,(H,25,30). The van der Waals surface area contributed by atoms with Crippen molar-refractivity contribution in [1.82, 2.24) is 19.5 Å². The number of fused-ring (bicyclic) bond motifs is 1. The lowest BCUT2D eigenvalue weighted by atomic mass is 10.0. The van der Waals surface area contributed by atoms with Crippen molar-refractivity contribution in [3.8, 4) is 5.75 Å². The summed E-state index contributed by atoms with van der Waals surface area (Å²) in [6, 6.07) is 2.59. The summed E-state index contributed by atoms with van der Waals surface area (Å²) in [7, 11) is -3.79.